The zero-order chi connectivity index (χ0) is 11.3. The molecule has 0 amide bonds. The van der Waals surface area contributed by atoms with Crippen LogP contribution in [-0.4, -0.2) is 23.1 Å². The van der Waals surface area contributed by atoms with Gasteiger partial charge in [0.15, 0.2) is 0 Å². The van der Waals surface area contributed by atoms with Gasteiger partial charge < -0.3 is 10.6 Å². The number of anilines is 1. The van der Waals surface area contributed by atoms with E-state index in [4.69, 9.17) is 5.73 Å². The first-order valence-electron chi connectivity index (χ1n) is 5.07. The van der Waals surface area contributed by atoms with Crippen LogP contribution in [0.2, 0.25) is 0 Å². The minimum atomic E-state index is 0.430. The molecule has 4 heteroatoms. The topological polar surface area (TPSA) is 55.0 Å². The Balaban J connectivity index is 2.78. The quantitative estimate of drug-likeness (QED) is 0.739. The van der Waals surface area contributed by atoms with Gasteiger partial charge in [0, 0.05) is 19.6 Å². The average molecular weight is 206 g/mol. The summed E-state index contributed by atoms with van der Waals surface area (Å²) in [5, 5.41) is 0. The van der Waals surface area contributed by atoms with Crippen molar-refractivity contribution >= 4 is 5.82 Å². The van der Waals surface area contributed by atoms with Crippen LogP contribution in [0.15, 0.2) is 24.5 Å². The third kappa shape index (κ3) is 3.32. The molecule has 0 saturated carbocycles. The smallest absolute Gasteiger partial charge is 0.147 e. The van der Waals surface area contributed by atoms with Crippen LogP contribution < -0.4 is 10.6 Å². The maximum atomic E-state index is 5.46. The number of rotatable bonds is 5. The zero-order valence-electron chi connectivity index (χ0n) is 9.40. The highest BCUT2D eigenvalue weighted by Crippen LogP contribution is 2.10. The molecule has 1 aromatic rings. The van der Waals surface area contributed by atoms with Crippen LogP contribution in [-0.2, 0) is 6.54 Å². The van der Waals surface area contributed by atoms with Crippen LogP contribution in [0.4, 0.5) is 5.82 Å². The lowest BCUT2D eigenvalue weighted by Gasteiger charge is -2.21. The van der Waals surface area contributed by atoms with E-state index in [2.05, 4.69) is 28.4 Å². The summed E-state index contributed by atoms with van der Waals surface area (Å²) in [7, 11) is 0. The normalized spacial score (nSPS) is 10.1. The molecule has 0 aliphatic heterocycles. The number of hydrogen-bond donors (Lipinski definition) is 1. The summed E-state index contributed by atoms with van der Waals surface area (Å²) in [6.45, 7) is 10.1. The highest BCUT2D eigenvalue weighted by molar-refractivity contribution is 5.37. The van der Waals surface area contributed by atoms with Gasteiger partial charge in [-0.3, -0.25) is 4.98 Å². The maximum Gasteiger partial charge on any atom is 0.147 e. The van der Waals surface area contributed by atoms with E-state index >= 15 is 0 Å². The Morgan fingerprint density at radius 1 is 1.47 bits per heavy atom. The molecule has 82 valence electrons. The minimum Gasteiger partial charge on any atom is -0.352 e. The fourth-order valence-electron chi connectivity index (χ4n) is 1.30. The number of likely N-dealkylation sites (N-methyl/N-ethyl adjacent to an activating group) is 1. The van der Waals surface area contributed by atoms with E-state index in [9.17, 15) is 0 Å². The van der Waals surface area contributed by atoms with Crippen molar-refractivity contribution in [3.8, 4) is 0 Å². The predicted octanol–water partition coefficient (Wildman–Crippen LogP) is 1.34. The highest BCUT2D eigenvalue weighted by atomic mass is 15.2. The molecule has 0 spiro atoms. The van der Waals surface area contributed by atoms with Crippen molar-refractivity contribution < 1.29 is 0 Å². The molecule has 0 aliphatic rings. The van der Waals surface area contributed by atoms with Crippen molar-refractivity contribution in [2.45, 2.75) is 20.4 Å². The molecule has 2 N–H and O–H groups in total. The Hall–Kier alpha value is -1.42. The Labute approximate surface area is 90.8 Å². The van der Waals surface area contributed by atoms with Gasteiger partial charge in [0.1, 0.15) is 5.82 Å². The van der Waals surface area contributed by atoms with Crippen molar-refractivity contribution in [2.75, 3.05) is 18.0 Å². The average Bonchev–Trinajstić information content (AvgIpc) is 2.26. The second kappa shape index (κ2) is 5.46. The Bertz CT molecular complexity index is 318. The van der Waals surface area contributed by atoms with E-state index in [0.717, 1.165) is 30.2 Å². The van der Waals surface area contributed by atoms with Gasteiger partial charge in [0.25, 0.3) is 0 Å². The lowest BCUT2D eigenvalue weighted by molar-refractivity contribution is 0.843. The summed E-state index contributed by atoms with van der Waals surface area (Å²) < 4.78 is 0. The van der Waals surface area contributed by atoms with Crippen LogP contribution >= 0.6 is 0 Å². The molecular weight excluding hydrogens is 188 g/mol. The summed E-state index contributed by atoms with van der Waals surface area (Å²) in [4.78, 5) is 10.7. The first kappa shape index (κ1) is 11.7. The molecule has 1 aromatic heterocycles. The van der Waals surface area contributed by atoms with Gasteiger partial charge in [0.2, 0.25) is 0 Å². The van der Waals surface area contributed by atoms with Crippen molar-refractivity contribution in [1.29, 1.82) is 0 Å². The lowest BCUT2D eigenvalue weighted by atomic mass is 10.3. The summed E-state index contributed by atoms with van der Waals surface area (Å²) in [6, 6.07) is 0. The number of hydrogen-bond acceptors (Lipinski definition) is 4. The van der Waals surface area contributed by atoms with E-state index in [1.54, 1.807) is 12.4 Å². The molecule has 0 aliphatic carbocycles. The first-order chi connectivity index (χ1) is 7.17. The summed E-state index contributed by atoms with van der Waals surface area (Å²) >= 11 is 0. The van der Waals surface area contributed by atoms with E-state index in [1.165, 1.54) is 0 Å². The summed E-state index contributed by atoms with van der Waals surface area (Å²) in [5.41, 5.74) is 7.38. The van der Waals surface area contributed by atoms with Gasteiger partial charge in [-0.2, -0.15) is 0 Å². The largest absolute Gasteiger partial charge is 0.352 e. The molecule has 0 bridgehead atoms. The van der Waals surface area contributed by atoms with Crippen LogP contribution in [0, 0.1) is 0 Å². The highest BCUT2D eigenvalue weighted by Gasteiger charge is 2.05. The second-order valence-corrected chi connectivity index (χ2v) is 3.54. The molecule has 15 heavy (non-hydrogen) atoms. The second-order valence-electron chi connectivity index (χ2n) is 3.54. The van der Waals surface area contributed by atoms with Gasteiger partial charge in [-0.1, -0.05) is 12.2 Å². The predicted molar refractivity (Wildman–Crippen MR) is 62.6 cm³/mol. The number of nitrogens with zero attached hydrogens (tertiary/aromatic N) is 3. The maximum absolute atomic E-state index is 5.46. The van der Waals surface area contributed by atoms with Crippen molar-refractivity contribution in [1.82, 2.24) is 9.97 Å². The molecule has 0 fully saturated rings. The third-order valence-electron chi connectivity index (χ3n) is 2.07. The zero-order valence-corrected chi connectivity index (χ0v) is 9.40. The molecule has 0 aromatic carbocycles. The number of aromatic nitrogens is 2. The molecule has 1 rings (SSSR count). The van der Waals surface area contributed by atoms with Gasteiger partial charge in [-0.05, 0) is 13.8 Å². The van der Waals surface area contributed by atoms with Crippen LogP contribution in [0.5, 0.6) is 0 Å². The van der Waals surface area contributed by atoms with Gasteiger partial charge in [-0.15, -0.1) is 0 Å². The summed E-state index contributed by atoms with van der Waals surface area (Å²) in [5.74, 6) is 0.873. The van der Waals surface area contributed by atoms with Gasteiger partial charge in [-0.25, -0.2) is 4.98 Å². The SMILES string of the molecule is C=C(C)CN(CC)c1cnc(CN)cn1. The Kier molecular flexibility index (Phi) is 4.24. The third-order valence-corrected chi connectivity index (χ3v) is 2.07. The van der Waals surface area contributed by atoms with E-state index in [1.807, 2.05) is 6.92 Å². The van der Waals surface area contributed by atoms with E-state index in [-0.39, 0.29) is 0 Å². The van der Waals surface area contributed by atoms with Gasteiger partial charge in [0.05, 0.1) is 18.1 Å². The van der Waals surface area contributed by atoms with Crippen LogP contribution in [0.25, 0.3) is 0 Å². The molecule has 0 saturated heterocycles. The summed E-state index contributed by atoms with van der Waals surface area (Å²) in [6.07, 6.45) is 3.48. The molecule has 4 nitrogen and oxygen atoms in total. The van der Waals surface area contributed by atoms with Crippen LogP contribution in [0.3, 0.4) is 0 Å². The fraction of sp³-hybridized carbons (Fsp3) is 0.455. The minimum absolute atomic E-state index is 0.430. The van der Waals surface area contributed by atoms with Gasteiger partial charge >= 0.3 is 0 Å². The van der Waals surface area contributed by atoms with Crippen molar-refractivity contribution in [3.05, 3.63) is 30.2 Å². The van der Waals surface area contributed by atoms with Crippen molar-refractivity contribution in [3.63, 3.8) is 0 Å². The Morgan fingerprint density at radius 2 is 2.20 bits per heavy atom. The standard InChI is InChI=1S/C11H18N4/c1-4-15(8-9(2)3)11-7-13-10(5-12)6-14-11/h6-7H,2,4-5,8,12H2,1,3H3. The van der Waals surface area contributed by atoms with Crippen molar-refractivity contribution in [2.24, 2.45) is 5.73 Å². The Morgan fingerprint density at radius 3 is 2.60 bits per heavy atom. The van der Waals surface area contributed by atoms with Crippen LogP contribution in [0.1, 0.15) is 19.5 Å². The first-order valence-corrected chi connectivity index (χ1v) is 5.07. The van der Waals surface area contributed by atoms with E-state index in [0.29, 0.717) is 6.54 Å². The molecule has 0 unspecified atom stereocenters. The molecular formula is C11H18N4. The molecule has 1 heterocycles. The molecule has 0 radical (unpaired) electrons. The lowest BCUT2D eigenvalue weighted by Crippen LogP contribution is -2.25. The molecule has 0 atom stereocenters. The number of nitrogens with two attached hydrogens (primary N) is 1. The monoisotopic (exact) mass is 206 g/mol. The fourth-order valence-corrected chi connectivity index (χ4v) is 1.30. The van der Waals surface area contributed by atoms with E-state index < -0.39 is 0 Å².